The summed E-state index contributed by atoms with van der Waals surface area (Å²) in [7, 11) is 0. The van der Waals surface area contributed by atoms with Crippen molar-refractivity contribution in [1.29, 1.82) is 0 Å². The van der Waals surface area contributed by atoms with E-state index < -0.39 is 0 Å². The summed E-state index contributed by atoms with van der Waals surface area (Å²) < 4.78 is 22.6. The fourth-order valence-corrected chi connectivity index (χ4v) is 3.67. The van der Waals surface area contributed by atoms with Gasteiger partial charge >= 0.3 is 0 Å². The number of amides is 1. The van der Waals surface area contributed by atoms with E-state index in [-0.39, 0.29) is 23.7 Å². The van der Waals surface area contributed by atoms with Gasteiger partial charge in [0, 0.05) is 19.2 Å². The minimum Gasteiger partial charge on any atom is -0.490 e. The van der Waals surface area contributed by atoms with Gasteiger partial charge in [0.15, 0.2) is 18.1 Å². The molecule has 168 valence electrons. The third-order valence-corrected chi connectivity index (χ3v) is 5.58. The maximum Gasteiger partial charge on any atom is 0.260 e. The topological polar surface area (TPSA) is 78.2 Å². The van der Waals surface area contributed by atoms with Crippen LogP contribution in [0.1, 0.15) is 26.7 Å². The van der Waals surface area contributed by atoms with Crippen molar-refractivity contribution in [1.82, 2.24) is 4.90 Å². The first-order valence-electron chi connectivity index (χ1n) is 10.9. The highest BCUT2D eigenvalue weighted by Gasteiger charge is 2.20. The van der Waals surface area contributed by atoms with Crippen LogP contribution in [0.4, 0.5) is 0 Å². The number of benzene rings is 2. The average Bonchev–Trinajstić information content (AvgIpc) is 2.81. The van der Waals surface area contributed by atoms with Gasteiger partial charge in [-0.05, 0) is 49.9 Å². The molecule has 1 saturated heterocycles. The van der Waals surface area contributed by atoms with E-state index in [0.717, 1.165) is 25.9 Å². The quantitative estimate of drug-likeness (QED) is 0.537. The van der Waals surface area contributed by atoms with Gasteiger partial charge in [-0.3, -0.25) is 9.59 Å². The Bertz CT molecular complexity index is 1150. The van der Waals surface area contributed by atoms with Crippen molar-refractivity contribution in [3.05, 3.63) is 59.0 Å². The highest BCUT2D eigenvalue weighted by molar-refractivity contribution is 5.80. The minimum atomic E-state index is -0.303. The number of hydrogen-bond donors (Lipinski definition) is 0. The van der Waals surface area contributed by atoms with Crippen molar-refractivity contribution in [3.8, 4) is 23.0 Å². The number of carbonyl (C=O) groups excluding carboxylic acids is 1. The molecule has 1 aliphatic rings. The summed E-state index contributed by atoms with van der Waals surface area (Å²) >= 11 is 0. The Labute approximate surface area is 186 Å². The summed E-state index contributed by atoms with van der Waals surface area (Å²) in [6, 6.07) is 12.0. The second-order valence-corrected chi connectivity index (χ2v) is 7.92. The molecule has 2 heterocycles. The first-order valence-corrected chi connectivity index (χ1v) is 10.9. The molecule has 0 bridgehead atoms. The number of fused-ring (bicyclic) bond motifs is 1. The first kappa shape index (κ1) is 21.7. The van der Waals surface area contributed by atoms with Gasteiger partial charge in [0.25, 0.3) is 5.91 Å². The largest absolute Gasteiger partial charge is 0.490 e. The molecule has 0 aliphatic carbocycles. The number of hydrogen-bond acceptors (Lipinski definition) is 6. The van der Waals surface area contributed by atoms with E-state index in [1.54, 1.807) is 36.4 Å². The third-order valence-electron chi connectivity index (χ3n) is 5.58. The molecule has 0 saturated carbocycles. The molecule has 2 aromatic carbocycles. The lowest BCUT2D eigenvalue weighted by molar-refractivity contribution is -0.134. The van der Waals surface area contributed by atoms with Crippen molar-refractivity contribution in [3.63, 3.8) is 0 Å². The Morgan fingerprint density at radius 3 is 2.56 bits per heavy atom. The Hall–Kier alpha value is -3.48. The molecule has 0 spiro atoms. The standard InChI is InChI=1S/C25H27NO6/c1-3-29-20-6-4-5-7-21(20)32-23-15-31-22-14-18(8-9-19(22)25(23)28)30-16-24(27)26-12-10-17(2)11-13-26/h4-9,14-15,17H,3,10-13,16H2,1-2H3. The fraction of sp³-hybridized carbons (Fsp3) is 0.360. The van der Waals surface area contributed by atoms with E-state index in [9.17, 15) is 9.59 Å². The molecule has 3 aromatic rings. The van der Waals surface area contributed by atoms with Gasteiger partial charge in [-0.25, -0.2) is 0 Å². The summed E-state index contributed by atoms with van der Waals surface area (Å²) in [6.07, 6.45) is 3.32. The van der Waals surface area contributed by atoms with Gasteiger partial charge in [0.1, 0.15) is 17.6 Å². The van der Waals surface area contributed by atoms with Crippen molar-refractivity contribution in [2.24, 2.45) is 5.92 Å². The molecule has 1 aromatic heterocycles. The first-order chi connectivity index (χ1) is 15.5. The van der Waals surface area contributed by atoms with E-state index in [2.05, 4.69) is 6.92 Å². The number of piperidine rings is 1. The van der Waals surface area contributed by atoms with Crippen LogP contribution in [-0.4, -0.2) is 37.1 Å². The number of rotatable bonds is 7. The number of ether oxygens (including phenoxy) is 3. The van der Waals surface area contributed by atoms with E-state index >= 15 is 0 Å². The summed E-state index contributed by atoms with van der Waals surface area (Å²) in [4.78, 5) is 27.1. The minimum absolute atomic E-state index is 0.0323. The van der Waals surface area contributed by atoms with E-state index in [1.165, 1.54) is 6.26 Å². The Kier molecular flexibility index (Phi) is 6.63. The lowest BCUT2D eigenvalue weighted by atomic mass is 9.99. The Morgan fingerprint density at radius 1 is 1.06 bits per heavy atom. The van der Waals surface area contributed by atoms with E-state index in [1.807, 2.05) is 17.9 Å². The Morgan fingerprint density at radius 2 is 1.81 bits per heavy atom. The van der Waals surface area contributed by atoms with Gasteiger partial charge < -0.3 is 23.5 Å². The van der Waals surface area contributed by atoms with Gasteiger partial charge in [0.2, 0.25) is 11.2 Å². The fourth-order valence-electron chi connectivity index (χ4n) is 3.67. The van der Waals surface area contributed by atoms with Gasteiger partial charge in [-0.2, -0.15) is 0 Å². The molecular formula is C25H27NO6. The summed E-state index contributed by atoms with van der Waals surface area (Å²) in [5.41, 5.74) is 0.0554. The monoisotopic (exact) mass is 437 g/mol. The SMILES string of the molecule is CCOc1ccccc1Oc1coc2cc(OCC(=O)N3CCC(C)CC3)ccc2c1=O. The number of nitrogens with zero attached hydrogens (tertiary/aromatic N) is 1. The van der Waals surface area contributed by atoms with Crippen molar-refractivity contribution in [2.45, 2.75) is 26.7 Å². The number of likely N-dealkylation sites (tertiary alicyclic amines) is 1. The maximum atomic E-state index is 12.9. The zero-order chi connectivity index (χ0) is 22.5. The summed E-state index contributed by atoms with van der Waals surface area (Å²) in [5, 5.41) is 0.361. The third kappa shape index (κ3) is 4.88. The van der Waals surface area contributed by atoms with Crippen LogP contribution >= 0.6 is 0 Å². The van der Waals surface area contributed by atoms with Crippen LogP contribution < -0.4 is 19.6 Å². The zero-order valence-corrected chi connectivity index (χ0v) is 18.3. The van der Waals surface area contributed by atoms with Gasteiger partial charge in [-0.15, -0.1) is 0 Å². The van der Waals surface area contributed by atoms with Crippen LogP contribution in [0, 0.1) is 5.92 Å². The van der Waals surface area contributed by atoms with Crippen molar-refractivity contribution in [2.75, 3.05) is 26.3 Å². The lowest BCUT2D eigenvalue weighted by Crippen LogP contribution is -2.40. The molecule has 1 amide bonds. The molecule has 0 radical (unpaired) electrons. The molecule has 7 heteroatoms. The molecule has 1 aliphatic heterocycles. The molecule has 32 heavy (non-hydrogen) atoms. The molecule has 0 N–H and O–H groups in total. The predicted molar refractivity (Wildman–Crippen MR) is 121 cm³/mol. The van der Waals surface area contributed by atoms with Crippen LogP contribution in [0.5, 0.6) is 23.0 Å². The highest BCUT2D eigenvalue weighted by Crippen LogP contribution is 2.31. The predicted octanol–water partition coefficient (Wildman–Crippen LogP) is 4.62. The van der Waals surface area contributed by atoms with E-state index in [0.29, 0.717) is 40.7 Å². The van der Waals surface area contributed by atoms with Gasteiger partial charge in [0.05, 0.1) is 12.0 Å². The zero-order valence-electron chi connectivity index (χ0n) is 18.3. The van der Waals surface area contributed by atoms with Crippen molar-refractivity contribution < 1.29 is 23.4 Å². The van der Waals surface area contributed by atoms with Gasteiger partial charge in [-0.1, -0.05) is 19.1 Å². The van der Waals surface area contributed by atoms with Crippen molar-refractivity contribution >= 4 is 16.9 Å². The van der Waals surface area contributed by atoms with Crippen LogP contribution in [0.25, 0.3) is 11.0 Å². The van der Waals surface area contributed by atoms with Crippen LogP contribution in [0.2, 0.25) is 0 Å². The summed E-state index contributed by atoms with van der Waals surface area (Å²) in [5.74, 6) is 2.14. The molecule has 4 rings (SSSR count). The molecule has 0 atom stereocenters. The average molecular weight is 437 g/mol. The normalized spacial score (nSPS) is 14.4. The van der Waals surface area contributed by atoms with Crippen LogP contribution in [0.3, 0.4) is 0 Å². The molecular weight excluding hydrogens is 410 g/mol. The Balaban J connectivity index is 1.46. The lowest BCUT2D eigenvalue weighted by Gasteiger charge is -2.30. The van der Waals surface area contributed by atoms with E-state index in [4.69, 9.17) is 18.6 Å². The van der Waals surface area contributed by atoms with Crippen LogP contribution in [0.15, 0.2) is 57.9 Å². The number of carbonyl (C=O) groups is 1. The summed E-state index contributed by atoms with van der Waals surface area (Å²) in [6.45, 7) is 6.06. The highest BCUT2D eigenvalue weighted by atomic mass is 16.5. The van der Waals surface area contributed by atoms with Crippen LogP contribution in [-0.2, 0) is 4.79 Å². The second-order valence-electron chi connectivity index (χ2n) is 7.92. The second kappa shape index (κ2) is 9.77. The smallest absolute Gasteiger partial charge is 0.260 e. The number of para-hydroxylation sites is 2. The maximum absolute atomic E-state index is 12.9. The molecule has 1 fully saturated rings. The molecule has 7 nitrogen and oxygen atoms in total. The molecule has 0 unspecified atom stereocenters.